The van der Waals surface area contributed by atoms with E-state index in [1.54, 1.807) is 0 Å². The van der Waals surface area contributed by atoms with Crippen molar-refractivity contribution in [3.05, 3.63) is 29.8 Å². The summed E-state index contributed by atoms with van der Waals surface area (Å²) in [4.78, 5) is 11.0. The van der Waals surface area contributed by atoms with Gasteiger partial charge in [-0.15, -0.1) is 0 Å². The summed E-state index contributed by atoms with van der Waals surface area (Å²) in [6, 6.07) is 6.15. The molecular formula is C8H11AlNaO4P. The van der Waals surface area contributed by atoms with Gasteiger partial charge in [0, 0.05) is 0 Å². The van der Waals surface area contributed by atoms with Crippen LogP contribution in [0.2, 0.25) is 0 Å². The molecule has 0 aliphatic heterocycles. The fraction of sp³-hybridized carbons (Fsp3) is 0.125. The van der Waals surface area contributed by atoms with Gasteiger partial charge in [0.05, 0.1) is 12.7 Å². The second-order valence-corrected chi connectivity index (χ2v) is 2.51. The number of benzene rings is 1. The number of rotatable bonds is 3. The van der Waals surface area contributed by atoms with Crippen LogP contribution >= 0.6 is 8.69 Å². The van der Waals surface area contributed by atoms with Crippen molar-refractivity contribution in [2.45, 2.75) is 0 Å². The van der Waals surface area contributed by atoms with Crippen LogP contribution < -0.4 is 4.52 Å². The normalized spacial score (nSPS) is 8.33. The van der Waals surface area contributed by atoms with Gasteiger partial charge >= 0.3 is 44.2 Å². The van der Waals surface area contributed by atoms with Crippen LogP contribution in [0.25, 0.3) is 0 Å². The summed E-state index contributed by atoms with van der Waals surface area (Å²) in [5.74, 6) is 0.0237. The Morgan fingerprint density at radius 2 is 1.80 bits per heavy atom. The SMILES string of the molecule is COC(=O)c1ccc(OP=O)cc1.[AlH3].[NaH]. The van der Waals surface area contributed by atoms with Gasteiger partial charge in [0.2, 0.25) is 0 Å². The maximum absolute atomic E-state index is 11.0. The zero-order valence-corrected chi connectivity index (χ0v) is 7.78. The second kappa shape index (κ2) is 9.36. The van der Waals surface area contributed by atoms with Crippen molar-refractivity contribution in [3.8, 4) is 5.75 Å². The van der Waals surface area contributed by atoms with Crippen LogP contribution in [0.1, 0.15) is 10.4 Å². The molecule has 0 aliphatic rings. The van der Waals surface area contributed by atoms with Crippen LogP contribution in [0.3, 0.4) is 0 Å². The van der Waals surface area contributed by atoms with Crippen LogP contribution in [0.5, 0.6) is 5.75 Å². The van der Waals surface area contributed by atoms with Crippen molar-refractivity contribution in [2.75, 3.05) is 7.11 Å². The van der Waals surface area contributed by atoms with Gasteiger partial charge in [-0.05, 0) is 24.3 Å². The van der Waals surface area contributed by atoms with Crippen LogP contribution in [-0.4, -0.2) is 60.0 Å². The standard InChI is InChI=1S/C8H7O4P.Al.Na.4H/c1-11-8(9)6-2-4-7(5-3-6)12-13-10;;;;;;/h2-5H,1H3;;;;;;. The molecule has 0 bridgehead atoms. The predicted molar refractivity (Wildman–Crippen MR) is 63.1 cm³/mol. The van der Waals surface area contributed by atoms with Gasteiger partial charge in [-0.1, -0.05) is 0 Å². The summed E-state index contributed by atoms with van der Waals surface area (Å²) >= 11 is 0. The molecule has 76 valence electrons. The third-order valence-electron chi connectivity index (χ3n) is 1.42. The van der Waals surface area contributed by atoms with E-state index in [-0.39, 0.29) is 46.9 Å². The van der Waals surface area contributed by atoms with Gasteiger partial charge < -0.3 is 9.26 Å². The molecule has 0 N–H and O–H groups in total. The van der Waals surface area contributed by atoms with Crippen molar-refractivity contribution in [3.63, 3.8) is 0 Å². The molecule has 0 spiro atoms. The number of carbonyl (C=O) groups excluding carboxylic acids is 1. The summed E-state index contributed by atoms with van der Waals surface area (Å²) in [6.07, 6.45) is 0. The topological polar surface area (TPSA) is 52.6 Å². The predicted octanol–water partition coefficient (Wildman–Crippen LogP) is 0.226. The number of carbonyl (C=O) groups is 1. The average Bonchev–Trinajstić information content (AvgIpc) is 2.18. The number of ether oxygens (including phenoxy) is 1. The third kappa shape index (κ3) is 5.68. The molecule has 0 fully saturated rings. The van der Waals surface area contributed by atoms with Crippen molar-refractivity contribution < 1.29 is 18.6 Å². The number of methoxy groups -OCH3 is 1. The van der Waals surface area contributed by atoms with E-state index in [2.05, 4.69) is 9.26 Å². The fourth-order valence-corrected chi connectivity index (χ4v) is 1.02. The summed E-state index contributed by atoms with van der Waals surface area (Å²) in [5.41, 5.74) is 0.428. The van der Waals surface area contributed by atoms with E-state index in [9.17, 15) is 9.36 Å². The van der Waals surface area contributed by atoms with Gasteiger partial charge in [-0.25, -0.2) is 9.36 Å². The molecule has 0 heterocycles. The first-order valence-corrected chi connectivity index (χ1v) is 4.19. The molecule has 0 amide bonds. The molecule has 0 radical (unpaired) electrons. The molecule has 0 saturated heterocycles. The average molecular weight is 252 g/mol. The summed E-state index contributed by atoms with van der Waals surface area (Å²) < 4.78 is 19.2. The van der Waals surface area contributed by atoms with Crippen LogP contribution in [0.15, 0.2) is 24.3 Å². The minimum atomic E-state index is -0.415. The van der Waals surface area contributed by atoms with Gasteiger partial charge in [-0.3, -0.25) is 0 Å². The van der Waals surface area contributed by atoms with Gasteiger partial charge in [0.1, 0.15) is 5.75 Å². The summed E-state index contributed by atoms with van der Waals surface area (Å²) in [5, 5.41) is 0. The van der Waals surface area contributed by atoms with E-state index < -0.39 is 14.7 Å². The monoisotopic (exact) mass is 252 g/mol. The van der Waals surface area contributed by atoms with Crippen molar-refractivity contribution in [1.29, 1.82) is 0 Å². The molecule has 4 nitrogen and oxygen atoms in total. The van der Waals surface area contributed by atoms with E-state index in [0.717, 1.165) is 0 Å². The zero-order chi connectivity index (χ0) is 9.68. The van der Waals surface area contributed by atoms with E-state index >= 15 is 0 Å². The molecular weight excluding hydrogens is 241 g/mol. The number of esters is 1. The maximum atomic E-state index is 11.0. The van der Waals surface area contributed by atoms with Crippen LogP contribution in [0, 0.1) is 0 Å². The molecule has 0 aliphatic carbocycles. The molecule has 0 unspecified atom stereocenters. The molecule has 0 saturated carbocycles. The molecule has 1 aromatic carbocycles. The zero-order valence-electron chi connectivity index (χ0n) is 6.89. The first-order chi connectivity index (χ1) is 6.27. The Bertz CT molecular complexity index is 317. The van der Waals surface area contributed by atoms with Crippen molar-refractivity contribution in [1.82, 2.24) is 0 Å². The first-order valence-electron chi connectivity index (χ1n) is 3.46. The van der Waals surface area contributed by atoms with Gasteiger partial charge in [-0.2, -0.15) is 0 Å². The first kappa shape index (κ1) is 17.5. The Morgan fingerprint density at radius 1 is 1.27 bits per heavy atom. The number of hydrogen-bond donors (Lipinski definition) is 0. The Hall–Kier alpha value is 0.122. The Kier molecular flexibility index (Phi) is 10.9. The molecule has 0 atom stereocenters. The van der Waals surface area contributed by atoms with Gasteiger partial charge in [0.15, 0.2) is 17.4 Å². The summed E-state index contributed by atoms with van der Waals surface area (Å²) in [7, 11) is 0.893. The second-order valence-electron chi connectivity index (χ2n) is 2.18. The molecule has 7 heteroatoms. The summed E-state index contributed by atoms with van der Waals surface area (Å²) in [6.45, 7) is 0. The molecule has 15 heavy (non-hydrogen) atoms. The van der Waals surface area contributed by atoms with E-state index in [0.29, 0.717) is 11.3 Å². The third-order valence-corrected chi connectivity index (χ3v) is 1.70. The van der Waals surface area contributed by atoms with Crippen molar-refractivity contribution in [2.24, 2.45) is 0 Å². The fourth-order valence-electron chi connectivity index (χ4n) is 0.813. The molecule has 0 aromatic heterocycles. The van der Waals surface area contributed by atoms with Gasteiger partial charge in [0.25, 0.3) is 0 Å². The number of hydrogen-bond acceptors (Lipinski definition) is 4. The molecule has 1 aromatic rings. The Labute approximate surface area is 122 Å². The Morgan fingerprint density at radius 3 is 2.20 bits per heavy atom. The molecule has 1 rings (SSSR count). The van der Waals surface area contributed by atoms with E-state index in [1.807, 2.05) is 0 Å². The van der Waals surface area contributed by atoms with E-state index in [1.165, 1.54) is 31.4 Å². The van der Waals surface area contributed by atoms with E-state index in [4.69, 9.17) is 0 Å². The van der Waals surface area contributed by atoms with Crippen molar-refractivity contribution >= 4 is 61.6 Å². The minimum absolute atomic E-state index is 0. The van der Waals surface area contributed by atoms with Crippen LogP contribution in [-0.2, 0) is 9.30 Å². The quantitative estimate of drug-likeness (QED) is 0.439. The van der Waals surface area contributed by atoms with Crippen LogP contribution in [0.4, 0.5) is 0 Å². The Balaban J connectivity index is 0.